The number of amides is 1. The van der Waals surface area contributed by atoms with Gasteiger partial charge in [0.15, 0.2) is 0 Å². The summed E-state index contributed by atoms with van der Waals surface area (Å²) in [5, 5.41) is 12.1. The maximum Gasteiger partial charge on any atom is 0.235 e. The molecule has 0 aromatic carbocycles. The minimum atomic E-state index is -1.32. The normalized spacial score (nSPS) is 12.2. The van der Waals surface area contributed by atoms with Gasteiger partial charge >= 0.3 is 0 Å². The Labute approximate surface area is 63.2 Å². The Morgan fingerprint density at radius 2 is 2.20 bits per heavy atom. The average Bonchev–Trinajstić information content (AvgIpc) is 1.87. The zero-order valence-corrected chi connectivity index (χ0v) is 6.14. The third kappa shape index (κ3) is 3.29. The molecule has 0 aromatic rings. The van der Waals surface area contributed by atoms with Gasteiger partial charge in [-0.05, 0) is 6.92 Å². The van der Waals surface area contributed by atoms with Crippen LogP contribution in [0, 0.1) is 0 Å². The largest absolute Gasteiger partial charge is 0.548 e. The van der Waals surface area contributed by atoms with Gasteiger partial charge in [-0.3, -0.25) is 4.79 Å². The van der Waals surface area contributed by atoms with Crippen molar-refractivity contribution in [3.8, 4) is 0 Å². The van der Waals surface area contributed by atoms with E-state index in [4.69, 9.17) is 11.6 Å². The molecule has 1 atom stereocenters. The highest BCUT2D eigenvalue weighted by molar-refractivity contribution is 6.27. The first kappa shape index (κ1) is 9.23. The van der Waals surface area contributed by atoms with Crippen molar-refractivity contribution in [3.63, 3.8) is 0 Å². The van der Waals surface area contributed by atoms with Crippen LogP contribution >= 0.6 is 11.6 Å². The van der Waals surface area contributed by atoms with Gasteiger partial charge in [0.25, 0.3) is 0 Å². The molecule has 0 rings (SSSR count). The van der Waals surface area contributed by atoms with E-state index in [0.717, 1.165) is 0 Å². The van der Waals surface area contributed by atoms with Crippen LogP contribution in [0.2, 0.25) is 0 Å². The van der Waals surface area contributed by atoms with Gasteiger partial charge in [0.05, 0.1) is 12.0 Å². The summed E-state index contributed by atoms with van der Waals surface area (Å²) in [6.45, 7) is 1.31. The zero-order valence-electron chi connectivity index (χ0n) is 5.39. The monoisotopic (exact) mass is 164 g/mol. The topological polar surface area (TPSA) is 69.2 Å². The van der Waals surface area contributed by atoms with E-state index in [1.54, 1.807) is 0 Å². The second-order valence-electron chi connectivity index (χ2n) is 1.74. The number of halogens is 1. The molecule has 0 aliphatic rings. The molecule has 0 heterocycles. The molecule has 0 saturated carbocycles. The van der Waals surface area contributed by atoms with E-state index >= 15 is 0 Å². The molecule has 0 spiro atoms. The van der Waals surface area contributed by atoms with Crippen LogP contribution in [0.1, 0.15) is 6.92 Å². The smallest absolute Gasteiger partial charge is 0.235 e. The molecular formula is C5H7ClNO3-. The van der Waals surface area contributed by atoms with Crippen LogP contribution in [0.25, 0.3) is 0 Å². The molecule has 0 aliphatic heterocycles. The minimum absolute atomic E-state index is 0.238. The Balaban J connectivity index is 3.68. The molecule has 0 unspecified atom stereocenters. The van der Waals surface area contributed by atoms with Gasteiger partial charge in [0, 0.05) is 0 Å². The Kier molecular flexibility index (Phi) is 3.79. The van der Waals surface area contributed by atoms with Gasteiger partial charge < -0.3 is 15.2 Å². The summed E-state index contributed by atoms with van der Waals surface area (Å²) >= 11 is 5.08. The molecule has 0 fully saturated rings. The van der Waals surface area contributed by atoms with Crippen LogP contribution in [0.3, 0.4) is 0 Å². The van der Waals surface area contributed by atoms with Crippen molar-refractivity contribution < 1.29 is 14.7 Å². The van der Waals surface area contributed by atoms with Crippen LogP contribution in [0.5, 0.6) is 0 Å². The second-order valence-corrected chi connectivity index (χ2v) is 2.01. The molecule has 58 valence electrons. The molecule has 0 aliphatic carbocycles. The number of carboxylic acids is 1. The van der Waals surface area contributed by atoms with E-state index in [2.05, 4.69) is 5.32 Å². The SMILES string of the molecule is C[C@@H](NC(=O)CCl)C(=O)[O-]. The number of rotatable bonds is 3. The minimum Gasteiger partial charge on any atom is -0.548 e. The maximum absolute atomic E-state index is 10.4. The third-order valence-corrected chi connectivity index (χ3v) is 1.10. The fourth-order valence-electron chi connectivity index (χ4n) is 0.339. The van der Waals surface area contributed by atoms with Crippen LogP contribution in [0.4, 0.5) is 0 Å². The Morgan fingerprint density at radius 3 is 2.50 bits per heavy atom. The highest BCUT2D eigenvalue weighted by Crippen LogP contribution is 1.80. The van der Waals surface area contributed by atoms with E-state index in [9.17, 15) is 14.7 Å². The van der Waals surface area contributed by atoms with Crippen molar-refractivity contribution in [1.29, 1.82) is 0 Å². The fourth-order valence-corrected chi connectivity index (χ4v) is 0.416. The quantitative estimate of drug-likeness (QED) is 0.515. The van der Waals surface area contributed by atoms with E-state index in [1.165, 1.54) is 6.92 Å². The lowest BCUT2D eigenvalue weighted by Gasteiger charge is -2.12. The molecule has 0 aromatic heterocycles. The standard InChI is InChI=1S/C5H8ClNO3/c1-3(5(9)10)7-4(8)2-6/h3H,2H2,1H3,(H,7,8)(H,9,10)/p-1/t3-/m1/s1. The predicted molar refractivity (Wildman–Crippen MR) is 33.3 cm³/mol. The zero-order chi connectivity index (χ0) is 8.15. The molecule has 5 heteroatoms. The van der Waals surface area contributed by atoms with Crippen molar-refractivity contribution in [2.45, 2.75) is 13.0 Å². The molecular weight excluding hydrogens is 158 g/mol. The molecule has 0 saturated heterocycles. The van der Waals surface area contributed by atoms with E-state index < -0.39 is 17.9 Å². The van der Waals surface area contributed by atoms with E-state index in [0.29, 0.717) is 0 Å². The number of alkyl halides is 1. The Morgan fingerprint density at radius 1 is 1.70 bits per heavy atom. The lowest BCUT2D eigenvalue weighted by atomic mass is 10.3. The van der Waals surface area contributed by atoms with Crippen LogP contribution in [0.15, 0.2) is 0 Å². The summed E-state index contributed by atoms with van der Waals surface area (Å²) < 4.78 is 0. The molecule has 0 radical (unpaired) electrons. The first-order valence-corrected chi connectivity index (χ1v) is 3.17. The first-order valence-electron chi connectivity index (χ1n) is 2.64. The van der Waals surface area contributed by atoms with Gasteiger partial charge in [-0.2, -0.15) is 0 Å². The van der Waals surface area contributed by atoms with Gasteiger partial charge in [0.2, 0.25) is 5.91 Å². The number of carbonyl (C=O) groups is 2. The Bertz CT molecular complexity index is 148. The second kappa shape index (κ2) is 4.11. The van der Waals surface area contributed by atoms with Crippen LogP contribution < -0.4 is 10.4 Å². The van der Waals surface area contributed by atoms with Crippen molar-refractivity contribution in [1.82, 2.24) is 5.32 Å². The van der Waals surface area contributed by atoms with Gasteiger partial charge in [-0.15, -0.1) is 11.6 Å². The number of carboxylic acid groups (broad SMARTS) is 1. The van der Waals surface area contributed by atoms with Crippen molar-refractivity contribution in [3.05, 3.63) is 0 Å². The summed E-state index contributed by atoms with van der Waals surface area (Å²) in [6, 6.07) is -0.980. The highest BCUT2D eigenvalue weighted by Gasteiger charge is 2.04. The Hall–Kier alpha value is -0.770. The van der Waals surface area contributed by atoms with Crippen molar-refractivity contribution in [2.24, 2.45) is 0 Å². The first-order chi connectivity index (χ1) is 4.57. The predicted octanol–water partition coefficient (Wildman–Crippen LogP) is -1.52. The molecule has 4 nitrogen and oxygen atoms in total. The van der Waals surface area contributed by atoms with E-state index in [-0.39, 0.29) is 5.88 Å². The van der Waals surface area contributed by atoms with Crippen LogP contribution in [-0.4, -0.2) is 23.8 Å². The van der Waals surface area contributed by atoms with Gasteiger partial charge in [-0.1, -0.05) is 0 Å². The summed E-state index contributed by atoms with van der Waals surface area (Å²) in [4.78, 5) is 20.4. The summed E-state index contributed by atoms with van der Waals surface area (Å²) in [6.07, 6.45) is 0. The average molecular weight is 165 g/mol. The molecule has 10 heavy (non-hydrogen) atoms. The number of aliphatic carboxylic acids is 1. The third-order valence-electron chi connectivity index (χ3n) is 0.852. The van der Waals surface area contributed by atoms with E-state index in [1.807, 2.05) is 0 Å². The molecule has 1 amide bonds. The number of carbonyl (C=O) groups excluding carboxylic acids is 2. The van der Waals surface area contributed by atoms with Gasteiger partial charge in [-0.25, -0.2) is 0 Å². The van der Waals surface area contributed by atoms with Gasteiger partial charge in [0.1, 0.15) is 5.88 Å². The molecule has 1 N–H and O–H groups in total. The molecule has 0 bridgehead atoms. The lowest BCUT2D eigenvalue weighted by Crippen LogP contribution is -2.46. The maximum atomic E-state index is 10.4. The summed E-state index contributed by atoms with van der Waals surface area (Å²) in [7, 11) is 0. The van der Waals surface area contributed by atoms with Crippen LogP contribution in [-0.2, 0) is 9.59 Å². The van der Waals surface area contributed by atoms with Crippen molar-refractivity contribution >= 4 is 23.5 Å². The number of nitrogens with one attached hydrogen (secondary N) is 1. The number of hydrogen-bond donors (Lipinski definition) is 1. The highest BCUT2D eigenvalue weighted by atomic mass is 35.5. The summed E-state index contributed by atoms with van der Waals surface area (Å²) in [5.74, 6) is -2.07. The lowest BCUT2D eigenvalue weighted by molar-refractivity contribution is -0.307. The van der Waals surface area contributed by atoms with Crippen molar-refractivity contribution in [2.75, 3.05) is 5.88 Å². The summed E-state index contributed by atoms with van der Waals surface area (Å²) in [5.41, 5.74) is 0. The number of hydrogen-bond acceptors (Lipinski definition) is 3. The fraction of sp³-hybridized carbons (Fsp3) is 0.600.